The van der Waals surface area contributed by atoms with Gasteiger partial charge in [-0.2, -0.15) is 0 Å². The maximum atomic E-state index is 12.2. The fourth-order valence-electron chi connectivity index (χ4n) is 2.48. The Kier molecular flexibility index (Phi) is 6.46. The Hall–Kier alpha value is -3.39. The molecular weight excluding hydrogens is 392 g/mol. The minimum absolute atomic E-state index is 0.227. The van der Waals surface area contributed by atoms with Crippen LogP contribution in [0.2, 0.25) is 0 Å². The van der Waals surface area contributed by atoms with Crippen molar-refractivity contribution >= 4 is 28.3 Å². The first-order valence-electron chi connectivity index (χ1n) is 8.71. The van der Waals surface area contributed by atoms with Gasteiger partial charge in [-0.05, 0) is 19.1 Å². The predicted octanol–water partition coefficient (Wildman–Crippen LogP) is 3.93. The Morgan fingerprint density at radius 2 is 1.69 bits per heavy atom. The molecule has 2 aromatic carbocycles. The molecule has 1 aromatic heterocycles. The largest absolute Gasteiger partial charge is 0.497 e. The average molecular weight is 412 g/mol. The molecule has 3 aromatic rings. The zero-order valence-electron chi connectivity index (χ0n) is 16.2. The summed E-state index contributed by atoms with van der Waals surface area (Å²) in [5.74, 6) is -0.228. The van der Waals surface area contributed by atoms with E-state index in [2.05, 4.69) is 10.3 Å². The zero-order chi connectivity index (χ0) is 20.8. The first-order valence-corrected chi connectivity index (χ1v) is 9.59. The fourth-order valence-corrected chi connectivity index (χ4v) is 3.22. The zero-order valence-corrected chi connectivity index (χ0v) is 17.0. The lowest BCUT2D eigenvalue weighted by Gasteiger charge is -2.08. The second kappa shape index (κ2) is 9.20. The Balaban J connectivity index is 1.57. The monoisotopic (exact) mass is 412 g/mol. The summed E-state index contributed by atoms with van der Waals surface area (Å²) in [7, 11) is 2.96. The van der Waals surface area contributed by atoms with E-state index in [0.717, 1.165) is 16.8 Å². The number of hydrogen-bond donors (Lipinski definition) is 1. The Morgan fingerprint density at radius 1 is 1.03 bits per heavy atom. The summed E-state index contributed by atoms with van der Waals surface area (Å²) in [4.78, 5) is 28.7. The van der Waals surface area contributed by atoms with Crippen LogP contribution in [0.15, 0.2) is 47.8 Å². The molecule has 0 spiro atoms. The molecule has 0 saturated heterocycles. The van der Waals surface area contributed by atoms with Gasteiger partial charge in [0.1, 0.15) is 11.5 Å². The normalized spacial score (nSPS) is 10.3. The first kappa shape index (κ1) is 20.3. The third-order valence-electron chi connectivity index (χ3n) is 4.02. The number of aryl methyl sites for hydroxylation is 1. The minimum Gasteiger partial charge on any atom is -0.497 e. The lowest BCUT2D eigenvalue weighted by molar-refractivity contribution is -0.119. The van der Waals surface area contributed by atoms with Crippen LogP contribution >= 0.6 is 11.3 Å². The number of amides is 1. The third kappa shape index (κ3) is 5.32. The maximum Gasteiger partial charge on any atom is 0.338 e. The number of anilines is 1. The Morgan fingerprint density at radius 3 is 2.31 bits per heavy atom. The summed E-state index contributed by atoms with van der Waals surface area (Å²) >= 11 is 1.30. The second-order valence-electron chi connectivity index (χ2n) is 6.13. The van der Waals surface area contributed by atoms with Crippen molar-refractivity contribution in [3.63, 3.8) is 0 Å². The lowest BCUT2D eigenvalue weighted by Crippen LogP contribution is -2.20. The molecule has 0 aliphatic rings. The number of carbonyl (C=O) groups is 2. The van der Waals surface area contributed by atoms with Crippen molar-refractivity contribution in [3.05, 3.63) is 59.0 Å². The quantitative estimate of drug-likeness (QED) is 0.592. The van der Waals surface area contributed by atoms with E-state index in [1.807, 2.05) is 36.6 Å². The number of nitrogens with one attached hydrogen (secondary N) is 1. The number of esters is 1. The van der Waals surface area contributed by atoms with Gasteiger partial charge in [0.05, 0.1) is 25.5 Å². The predicted molar refractivity (Wildman–Crippen MR) is 111 cm³/mol. The van der Waals surface area contributed by atoms with Crippen molar-refractivity contribution in [1.29, 1.82) is 0 Å². The highest BCUT2D eigenvalue weighted by Gasteiger charge is 2.14. The maximum absolute atomic E-state index is 12.2. The van der Waals surface area contributed by atoms with Gasteiger partial charge in [0.2, 0.25) is 0 Å². The van der Waals surface area contributed by atoms with E-state index in [9.17, 15) is 9.59 Å². The summed E-state index contributed by atoms with van der Waals surface area (Å²) < 4.78 is 15.3. The van der Waals surface area contributed by atoms with E-state index in [4.69, 9.17) is 14.2 Å². The first-order chi connectivity index (χ1) is 14.0. The second-order valence-corrected chi connectivity index (χ2v) is 6.99. The van der Waals surface area contributed by atoms with Crippen molar-refractivity contribution < 1.29 is 23.8 Å². The van der Waals surface area contributed by atoms with E-state index in [1.165, 1.54) is 37.7 Å². The van der Waals surface area contributed by atoms with Crippen LogP contribution in [0.1, 0.15) is 15.9 Å². The number of thiazole rings is 1. The summed E-state index contributed by atoms with van der Waals surface area (Å²) in [5.41, 5.74) is 3.12. The number of nitrogens with zero attached hydrogens (tertiary/aromatic N) is 1. The molecule has 0 aliphatic carbocycles. The third-order valence-corrected chi connectivity index (χ3v) is 4.78. The molecule has 29 heavy (non-hydrogen) atoms. The lowest BCUT2D eigenvalue weighted by atomic mass is 10.1. The van der Waals surface area contributed by atoms with Crippen LogP contribution in [0.5, 0.6) is 11.5 Å². The summed E-state index contributed by atoms with van der Waals surface area (Å²) in [6, 6.07) is 12.6. The molecule has 1 amide bonds. The van der Waals surface area contributed by atoms with E-state index in [1.54, 1.807) is 6.07 Å². The van der Waals surface area contributed by atoms with Crippen LogP contribution in [0, 0.1) is 6.92 Å². The van der Waals surface area contributed by atoms with Gasteiger partial charge in [-0.25, -0.2) is 9.78 Å². The Labute approximate surface area is 172 Å². The van der Waals surface area contributed by atoms with Gasteiger partial charge in [-0.1, -0.05) is 29.8 Å². The summed E-state index contributed by atoms with van der Waals surface area (Å²) in [6.45, 7) is 1.58. The van der Waals surface area contributed by atoms with Crippen molar-refractivity contribution in [2.24, 2.45) is 0 Å². The van der Waals surface area contributed by atoms with Crippen LogP contribution in [0.3, 0.4) is 0 Å². The molecule has 8 heteroatoms. The van der Waals surface area contributed by atoms with Gasteiger partial charge in [0.25, 0.3) is 5.91 Å². The van der Waals surface area contributed by atoms with E-state index < -0.39 is 18.5 Å². The highest BCUT2D eigenvalue weighted by molar-refractivity contribution is 7.14. The van der Waals surface area contributed by atoms with Crippen molar-refractivity contribution in [2.45, 2.75) is 6.92 Å². The van der Waals surface area contributed by atoms with Crippen molar-refractivity contribution in [1.82, 2.24) is 4.98 Å². The highest BCUT2D eigenvalue weighted by Crippen LogP contribution is 2.25. The minimum atomic E-state index is -0.656. The molecular formula is C21H20N2O5S. The van der Waals surface area contributed by atoms with Crippen LogP contribution < -0.4 is 14.8 Å². The van der Waals surface area contributed by atoms with Gasteiger partial charge in [-0.3, -0.25) is 10.1 Å². The fraction of sp³-hybridized carbons (Fsp3) is 0.190. The molecule has 0 aliphatic heterocycles. The molecule has 0 unspecified atom stereocenters. The molecule has 3 rings (SSSR count). The standard InChI is InChI=1S/C21H20N2O5S/c1-13-4-6-14(7-5-13)18-12-29-21(22-18)23-19(24)11-28-20(25)15-8-16(26-2)10-17(9-15)27-3/h4-10,12H,11H2,1-3H3,(H,22,23,24). The number of aromatic nitrogens is 1. The number of carbonyl (C=O) groups excluding carboxylic acids is 2. The van der Waals surface area contributed by atoms with Gasteiger partial charge in [-0.15, -0.1) is 11.3 Å². The molecule has 0 radical (unpaired) electrons. The van der Waals surface area contributed by atoms with Crippen LogP contribution in [-0.4, -0.2) is 37.7 Å². The molecule has 1 N–H and O–H groups in total. The van der Waals surface area contributed by atoms with Crippen LogP contribution in [0.4, 0.5) is 5.13 Å². The van der Waals surface area contributed by atoms with Crippen molar-refractivity contribution in [3.8, 4) is 22.8 Å². The molecule has 7 nitrogen and oxygen atoms in total. The molecule has 0 atom stereocenters. The number of rotatable bonds is 7. The molecule has 1 heterocycles. The van der Waals surface area contributed by atoms with Gasteiger partial charge in [0, 0.05) is 17.0 Å². The Bertz CT molecular complexity index is 992. The number of benzene rings is 2. The smallest absolute Gasteiger partial charge is 0.338 e. The van der Waals surface area contributed by atoms with Crippen LogP contribution in [-0.2, 0) is 9.53 Å². The molecule has 0 bridgehead atoms. The summed E-state index contributed by atoms with van der Waals surface area (Å²) in [5, 5.41) is 4.93. The van der Waals surface area contributed by atoms with Crippen molar-refractivity contribution in [2.75, 3.05) is 26.1 Å². The van der Waals surface area contributed by atoms with E-state index in [-0.39, 0.29) is 5.56 Å². The topological polar surface area (TPSA) is 86.8 Å². The molecule has 0 saturated carbocycles. The molecule has 150 valence electrons. The summed E-state index contributed by atoms with van der Waals surface area (Å²) in [6.07, 6.45) is 0. The number of ether oxygens (including phenoxy) is 3. The SMILES string of the molecule is COc1cc(OC)cc(C(=O)OCC(=O)Nc2nc(-c3ccc(C)cc3)cs2)c1. The average Bonchev–Trinajstić information content (AvgIpc) is 3.20. The molecule has 0 fully saturated rings. The van der Waals surface area contributed by atoms with E-state index in [0.29, 0.717) is 16.6 Å². The van der Waals surface area contributed by atoms with Gasteiger partial charge in [0.15, 0.2) is 11.7 Å². The van der Waals surface area contributed by atoms with Gasteiger partial charge >= 0.3 is 5.97 Å². The van der Waals surface area contributed by atoms with Gasteiger partial charge < -0.3 is 14.2 Å². The number of methoxy groups -OCH3 is 2. The highest BCUT2D eigenvalue weighted by atomic mass is 32.1. The van der Waals surface area contributed by atoms with E-state index >= 15 is 0 Å². The number of hydrogen-bond acceptors (Lipinski definition) is 7. The van der Waals surface area contributed by atoms with Crippen LogP contribution in [0.25, 0.3) is 11.3 Å².